The SMILES string of the molecule is O=C(CSc1nc(CSc2ccccc2)cc(=O)[nH]1)Nc1ccc(F)c(F)c1. The third-order valence-electron chi connectivity index (χ3n) is 3.45. The van der Waals surface area contributed by atoms with Crippen LogP contribution >= 0.6 is 23.5 Å². The summed E-state index contributed by atoms with van der Waals surface area (Å²) in [6.45, 7) is 0. The Hall–Kier alpha value is -2.65. The van der Waals surface area contributed by atoms with Gasteiger partial charge in [0.1, 0.15) is 0 Å². The highest BCUT2D eigenvalue weighted by Gasteiger charge is 2.09. The van der Waals surface area contributed by atoms with Crippen molar-refractivity contribution in [1.29, 1.82) is 0 Å². The van der Waals surface area contributed by atoms with E-state index in [2.05, 4.69) is 15.3 Å². The van der Waals surface area contributed by atoms with Crippen molar-refractivity contribution in [3.63, 3.8) is 0 Å². The number of nitrogens with zero attached hydrogens (tertiary/aromatic N) is 1. The summed E-state index contributed by atoms with van der Waals surface area (Å²) in [6, 6.07) is 14.2. The van der Waals surface area contributed by atoms with Gasteiger partial charge in [-0.25, -0.2) is 13.8 Å². The topological polar surface area (TPSA) is 74.8 Å². The van der Waals surface area contributed by atoms with Gasteiger partial charge in [0.05, 0.1) is 11.4 Å². The molecule has 2 N–H and O–H groups in total. The number of hydrogen-bond donors (Lipinski definition) is 2. The Morgan fingerprint density at radius 1 is 1.04 bits per heavy atom. The fourth-order valence-electron chi connectivity index (χ4n) is 2.20. The van der Waals surface area contributed by atoms with Crippen molar-refractivity contribution in [1.82, 2.24) is 9.97 Å². The Bertz CT molecular complexity index is 1030. The van der Waals surface area contributed by atoms with Crippen molar-refractivity contribution in [2.45, 2.75) is 15.8 Å². The Kier molecular flexibility index (Phi) is 6.83. The minimum atomic E-state index is -1.04. The summed E-state index contributed by atoms with van der Waals surface area (Å²) in [4.78, 5) is 31.8. The van der Waals surface area contributed by atoms with Crippen LogP contribution in [0.1, 0.15) is 5.69 Å². The maximum absolute atomic E-state index is 13.2. The smallest absolute Gasteiger partial charge is 0.251 e. The molecule has 0 atom stereocenters. The van der Waals surface area contributed by atoms with E-state index in [1.54, 1.807) is 11.8 Å². The third kappa shape index (κ3) is 5.93. The second-order valence-corrected chi connectivity index (χ2v) is 7.62. The van der Waals surface area contributed by atoms with Gasteiger partial charge >= 0.3 is 0 Å². The van der Waals surface area contributed by atoms with Crippen LogP contribution in [-0.4, -0.2) is 21.6 Å². The van der Waals surface area contributed by atoms with E-state index < -0.39 is 17.5 Å². The van der Waals surface area contributed by atoms with Crippen LogP contribution in [0.4, 0.5) is 14.5 Å². The standard InChI is InChI=1S/C19H15F2N3O2S2/c20-15-7-6-12(8-16(15)21)22-18(26)11-28-19-23-13(9-17(25)24-19)10-27-14-4-2-1-3-5-14/h1-9H,10-11H2,(H,22,26)(H,23,24,25). The van der Waals surface area contributed by atoms with Crippen molar-refractivity contribution in [3.8, 4) is 0 Å². The van der Waals surface area contributed by atoms with Gasteiger partial charge in [0.25, 0.3) is 5.56 Å². The number of thioether (sulfide) groups is 2. The number of carbonyl (C=O) groups excluding carboxylic acids is 1. The average molecular weight is 419 g/mol. The molecule has 0 aliphatic rings. The Morgan fingerprint density at radius 2 is 1.82 bits per heavy atom. The first-order chi connectivity index (χ1) is 13.5. The molecule has 1 aromatic heterocycles. The zero-order chi connectivity index (χ0) is 19.9. The number of anilines is 1. The first-order valence-corrected chi connectivity index (χ1v) is 10.1. The molecule has 0 saturated heterocycles. The van der Waals surface area contributed by atoms with E-state index in [-0.39, 0.29) is 17.0 Å². The first kappa shape index (κ1) is 20.1. The number of aromatic amines is 1. The fourth-order valence-corrected chi connectivity index (χ4v) is 3.71. The van der Waals surface area contributed by atoms with Crippen molar-refractivity contribution in [2.24, 2.45) is 0 Å². The molecule has 0 unspecified atom stereocenters. The van der Waals surface area contributed by atoms with E-state index in [1.165, 1.54) is 12.1 Å². The third-order valence-corrected chi connectivity index (χ3v) is 5.37. The van der Waals surface area contributed by atoms with E-state index in [1.807, 2.05) is 30.3 Å². The monoisotopic (exact) mass is 419 g/mol. The zero-order valence-electron chi connectivity index (χ0n) is 14.4. The number of carbonyl (C=O) groups is 1. The molecule has 3 aromatic rings. The van der Waals surface area contributed by atoms with Crippen molar-refractivity contribution < 1.29 is 13.6 Å². The number of rotatable bonds is 7. The summed E-state index contributed by atoms with van der Waals surface area (Å²) in [5.74, 6) is -1.98. The number of hydrogen-bond acceptors (Lipinski definition) is 5. The van der Waals surface area contributed by atoms with Crippen LogP contribution in [0.15, 0.2) is 69.4 Å². The molecular weight excluding hydrogens is 404 g/mol. The minimum absolute atomic E-state index is 0.0444. The Morgan fingerprint density at radius 3 is 2.57 bits per heavy atom. The number of halogens is 2. The van der Waals surface area contributed by atoms with Crippen molar-refractivity contribution >= 4 is 35.1 Å². The predicted octanol–water partition coefficient (Wildman–Crippen LogP) is 4.07. The van der Waals surface area contributed by atoms with E-state index >= 15 is 0 Å². The normalized spacial score (nSPS) is 10.6. The molecule has 1 amide bonds. The highest BCUT2D eigenvalue weighted by Crippen LogP contribution is 2.22. The lowest BCUT2D eigenvalue weighted by molar-refractivity contribution is -0.113. The summed E-state index contributed by atoms with van der Waals surface area (Å²) in [6.07, 6.45) is 0. The van der Waals surface area contributed by atoms with Gasteiger partial charge in [-0.15, -0.1) is 11.8 Å². The lowest BCUT2D eigenvalue weighted by Crippen LogP contribution is -2.16. The zero-order valence-corrected chi connectivity index (χ0v) is 16.1. The van der Waals surface area contributed by atoms with Crippen LogP contribution in [-0.2, 0) is 10.5 Å². The van der Waals surface area contributed by atoms with Gasteiger partial charge in [-0.3, -0.25) is 9.59 Å². The number of nitrogens with one attached hydrogen (secondary N) is 2. The molecular formula is C19H15F2N3O2S2. The molecule has 2 aromatic carbocycles. The first-order valence-electron chi connectivity index (χ1n) is 8.15. The number of H-pyrrole nitrogens is 1. The number of amides is 1. The molecule has 0 spiro atoms. The van der Waals surface area contributed by atoms with E-state index in [0.29, 0.717) is 16.6 Å². The summed E-state index contributed by atoms with van der Waals surface area (Å²) in [5, 5.41) is 2.78. The van der Waals surface area contributed by atoms with E-state index in [9.17, 15) is 18.4 Å². The maximum Gasteiger partial charge on any atom is 0.251 e. The second-order valence-electron chi connectivity index (χ2n) is 5.61. The molecule has 9 heteroatoms. The minimum Gasteiger partial charge on any atom is -0.325 e. The summed E-state index contributed by atoms with van der Waals surface area (Å²) < 4.78 is 26.1. The molecule has 0 bridgehead atoms. The van der Waals surface area contributed by atoms with Gasteiger partial charge in [-0.05, 0) is 24.3 Å². The van der Waals surface area contributed by atoms with Gasteiger partial charge in [0.2, 0.25) is 5.91 Å². The van der Waals surface area contributed by atoms with Crippen LogP contribution < -0.4 is 10.9 Å². The van der Waals surface area contributed by atoms with Crippen molar-refractivity contribution in [2.75, 3.05) is 11.1 Å². The van der Waals surface area contributed by atoms with E-state index in [4.69, 9.17) is 0 Å². The average Bonchev–Trinajstić information content (AvgIpc) is 2.68. The molecule has 5 nitrogen and oxygen atoms in total. The molecule has 0 saturated carbocycles. The lowest BCUT2D eigenvalue weighted by atomic mass is 10.3. The largest absolute Gasteiger partial charge is 0.325 e. The van der Waals surface area contributed by atoms with Gasteiger partial charge in [-0.2, -0.15) is 0 Å². The second kappa shape index (κ2) is 9.52. The Balaban J connectivity index is 1.57. The highest BCUT2D eigenvalue weighted by molar-refractivity contribution is 7.99. The molecule has 0 radical (unpaired) electrons. The number of benzene rings is 2. The summed E-state index contributed by atoms with van der Waals surface area (Å²) in [7, 11) is 0. The number of aromatic nitrogens is 2. The Labute approximate surface area is 168 Å². The van der Waals surface area contributed by atoms with Gasteiger partial charge in [0.15, 0.2) is 16.8 Å². The molecule has 1 heterocycles. The quantitative estimate of drug-likeness (QED) is 0.446. The van der Waals surface area contributed by atoms with Crippen LogP contribution in [0.2, 0.25) is 0 Å². The highest BCUT2D eigenvalue weighted by atomic mass is 32.2. The van der Waals surface area contributed by atoms with Crippen molar-refractivity contribution in [3.05, 3.63) is 82.3 Å². The molecule has 0 fully saturated rings. The maximum atomic E-state index is 13.2. The van der Waals surface area contributed by atoms with Gasteiger partial charge < -0.3 is 10.3 Å². The van der Waals surface area contributed by atoms with Gasteiger partial charge in [0, 0.05) is 28.5 Å². The van der Waals surface area contributed by atoms with Crippen LogP contribution in [0.3, 0.4) is 0 Å². The van der Waals surface area contributed by atoms with Crippen LogP contribution in [0.25, 0.3) is 0 Å². The van der Waals surface area contributed by atoms with E-state index in [0.717, 1.165) is 28.8 Å². The molecule has 0 aliphatic carbocycles. The van der Waals surface area contributed by atoms with Gasteiger partial charge in [-0.1, -0.05) is 30.0 Å². The molecule has 0 aliphatic heterocycles. The van der Waals surface area contributed by atoms with Crippen LogP contribution in [0.5, 0.6) is 0 Å². The predicted molar refractivity (Wildman–Crippen MR) is 107 cm³/mol. The molecule has 144 valence electrons. The molecule has 28 heavy (non-hydrogen) atoms. The summed E-state index contributed by atoms with van der Waals surface area (Å²) in [5.41, 5.74) is 0.447. The molecule has 3 rings (SSSR count). The fraction of sp³-hybridized carbons (Fsp3) is 0.105. The summed E-state index contributed by atoms with van der Waals surface area (Å²) >= 11 is 2.60. The van der Waals surface area contributed by atoms with Crippen LogP contribution in [0, 0.1) is 11.6 Å². The lowest BCUT2D eigenvalue weighted by Gasteiger charge is -2.06.